The molecule has 1 saturated heterocycles. The van der Waals surface area contributed by atoms with Crippen molar-refractivity contribution in [2.45, 2.75) is 71.8 Å². The van der Waals surface area contributed by atoms with E-state index in [1.54, 1.807) is 7.05 Å². The molecule has 3 rings (SSSR count). The Bertz CT molecular complexity index is 884. The third kappa shape index (κ3) is 6.12. The quantitative estimate of drug-likeness (QED) is 0.622. The number of nitrogens with one attached hydrogen (secondary N) is 2. The lowest BCUT2D eigenvalue weighted by molar-refractivity contribution is -0.142. The Morgan fingerprint density at radius 2 is 1.65 bits per heavy atom. The number of nitrogens with zero attached hydrogens (tertiary/aromatic N) is 1. The van der Waals surface area contributed by atoms with E-state index >= 15 is 0 Å². The molecule has 0 radical (unpaired) electrons. The van der Waals surface area contributed by atoms with Crippen LogP contribution in [-0.4, -0.2) is 48.8 Å². The predicted molar refractivity (Wildman–Crippen MR) is 135 cm³/mol. The van der Waals surface area contributed by atoms with E-state index in [0.29, 0.717) is 25.4 Å². The van der Waals surface area contributed by atoms with Gasteiger partial charge in [0.25, 0.3) is 0 Å². The third-order valence-corrected chi connectivity index (χ3v) is 7.96. The van der Waals surface area contributed by atoms with Gasteiger partial charge in [-0.15, -0.1) is 0 Å². The van der Waals surface area contributed by atoms with Crippen molar-refractivity contribution >= 4 is 29.3 Å². The van der Waals surface area contributed by atoms with Crippen LogP contribution in [0, 0.1) is 23.2 Å². The van der Waals surface area contributed by atoms with Gasteiger partial charge >= 0.3 is 0 Å². The Hall–Kier alpha value is -2.08. The van der Waals surface area contributed by atoms with Gasteiger partial charge in [0, 0.05) is 37.0 Å². The average molecular weight is 490 g/mol. The van der Waals surface area contributed by atoms with Crippen LogP contribution in [-0.2, 0) is 14.4 Å². The highest BCUT2D eigenvalue weighted by molar-refractivity contribution is 6.30. The number of amides is 3. The van der Waals surface area contributed by atoms with E-state index in [2.05, 4.69) is 36.6 Å². The van der Waals surface area contributed by atoms with Crippen molar-refractivity contribution in [1.29, 1.82) is 0 Å². The molecule has 1 aromatic rings. The summed E-state index contributed by atoms with van der Waals surface area (Å²) in [6, 6.07) is 7.46. The highest BCUT2D eigenvalue weighted by Crippen LogP contribution is 2.42. The molecule has 4 atom stereocenters. The Labute approximate surface area is 209 Å². The number of rotatable bonds is 6. The molecule has 0 aromatic heterocycles. The minimum atomic E-state index is -0.559. The molecular weight excluding hydrogens is 450 g/mol. The molecule has 0 bridgehead atoms. The van der Waals surface area contributed by atoms with Gasteiger partial charge in [0.2, 0.25) is 17.7 Å². The molecule has 1 heterocycles. The maximum atomic E-state index is 13.6. The maximum absolute atomic E-state index is 13.6. The number of halogens is 1. The molecule has 1 saturated carbocycles. The maximum Gasteiger partial charge on any atom is 0.245 e. The molecule has 34 heavy (non-hydrogen) atoms. The summed E-state index contributed by atoms with van der Waals surface area (Å²) >= 11 is 6.07. The fourth-order valence-corrected chi connectivity index (χ4v) is 5.84. The van der Waals surface area contributed by atoms with Gasteiger partial charge in [-0.2, -0.15) is 0 Å². The lowest BCUT2D eigenvalue weighted by Gasteiger charge is -2.46. The van der Waals surface area contributed by atoms with Crippen LogP contribution < -0.4 is 10.6 Å². The average Bonchev–Trinajstić information content (AvgIpc) is 2.81. The lowest BCUT2D eigenvalue weighted by atomic mass is 9.70. The summed E-state index contributed by atoms with van der Waals surface area (Å²) in [6.45, 7) is 9.66. The minimum absolute atomic E-state index is 0.000208. The molecule has 1 aliphatic heterocycles. The molecule has 6 nitrogen and oxygen atoms in total. The summed E-state index contributed by atoms with van der Waals surface area (Å²) in [4.78, 5) is 40.7. The second-order valence-corrected chi connectivity index (χ2v) is 11.5. The molecule has 0 spiro atoms. The summed E-state index contributed by atoms with van der Waals surface area (Å²) in [5.74, 6) is -0.148. The van der Waals surface area contributed by atoms with E-state index in [-0.39, 0.29) is 40.9 Å². The molecule has 1 aliphatic carbocycles. The zero-order chi connectivity index (χ0) is 25.0. The zero-order valence-electron chi connectivity index (χ0n) is 21.2. The molecule has 1 unspecified atom stereocenters. The molecule has 1 aromatic carbocycles. The Morgan fingerprint density at radius 3 is 2.21 bits per heavy atom. The number of benzene rings is 1. The Morgan fingerprint density at radius 1 is 1.03 bits per heavy atom. The first-order valence-corrected chi connectivity index (χ1v) is 13.0. The fraction of sp³-hybridized carbons (Fsp3) is 0.667. The van der Waals surface area contributed by atoms with Gasteiger partial charge in [0.05, 0.1) is 0 Å². The van der Waals surface area contributed by atoms with Gasteiger partial charge in [-0.25, -0.2) is 0 Å². The summed E-state index contributed by atoms with van der Waals surface area (Å²) in [6.07, 6.45) is 3.84. The smallest absolute Gasteiger partial charge is 0.245 e. The van der Waals surface area contributed by atoms with Gasteiger partial charge in [-0.3, -0.25) is 14.4 Å². The SMILES string of the molecule is CNC(=O)[C@H]1CCC[C@@H](C(=O)N[C@@H](C(=O)N2CCC(c3ccc(Cl)cc3)C(C)(C)C2)C(C)C)C1. The van der Waals surface area contributed by atoms with Gasteiger partial charge in [0.15, 0.2) is 0 Å². The Balaban J connectivity index is 1.66. The summed E-state index contributed by atoms with van der Waals surface area (Å²) in [5.41, 5.74) is 1.15. The van der Waals surface area contributed by atoms with Gasteiger partial charge in [-0.05, 0) is 60.6 Å². The fourth-order valence-electron chi connectivity index (χ4n) is 5.71. The summed E-state index contributed by atoms with van der Waals surface area (Å²) in [5, 5.41) is 6.49. The van der Waals surface area contributed by atoms with Crippen molar-refractivity contribution in [2.75, 3.05) is 20.1 Å². The van der Waals surface area contributed by atoms with Crippen molar-refractivity contribution in [1.82, 2.24) is 15.5 Å². The normalized spacial score (nSPS) is 25.5. The number of hydrogen-bond donors (Lipinski definition) is 2. The van der Waals surface area contributed by atoms with Gasteiger partial charge < -0.3 is 15.5 Å². The van der Waals surface area contributed by atoms with E-state index in [1.165, 1.54) is 5.56 Å². The van der Waals surface area contributed by atoms with Crippen LogP contribution in [0.15, 0.2) is 24.3 Å². The lowest BCUT2D eigenvalue weighted by Crippen LogP contribution is -2.56. The highest BCUT2D eigenvalue weighted by atomic mass is 35.5. The van der Waals surface area contributed by atoms with E-state index in [9.17, 15) is 14.4 Å². The van der Waals surface area contributed by atoms with E-state index in [0.717, 1.165) is 30.7 Å². The number of hydrogen-bond acceptors (Lipinski definition) is 3. The predicted octanol–water partition coefficient (Wildman–Crippen LogP) is 4.38. The monoisotopic (exact) mass is 489 g/mol. The van der Waals surface area contributed by atoms with Crippen molar-refractivity contribution < 1.29 is 14.4 Å². The van der Waals surface area contributed by atoms with Crippen molar-refractivity contribution in [2.24, 2.45) is 23.2 Å². The third-order valence-electron chi connectivity index (χ3n) is 7.71. The molecule has 3 amide bonds. The summed E-state index contributed by atoms with van der Waals surface area (Å²) in [7, 11) is 1.64. The van der Waals surface area contributed by atoms with Crippen LogP contribution in [0.1, 0.15) is 71.3 Å². The molecule has 2 fully saturated rings. The van der Waals surface area contributed by atoms with Crippen LogP contribution in [0.2, 0.25) is 5.02 Å². The number of piperidine rings is 1. The first kappa shape index (κ1) is 26.5. The van der Waals surface area contributed by atoms with E-state index < -0.39 is 6.04 Å². The van der Waals surface area contributed by atoms with Crippen LogP contribution in [0.3, 0.4) is 0 Å². The molecule has 188 valence electrons. The van der Waals surface area contributed by atoms with Crippen molar-refractivity contribution in [3.05, 3.63) is 34.9 Å². The standard InChI is InChI=1S/C27H40ClN3O3/c1-17(2)23(30-25(33)20-8-6-7-19(15-20)24(32)29-5)26(34)31-14-13-22(27(3,4)16-31)18-9-11-21(28)12-10-18/h9-12,17,19-20,22-23H,6-8,13-16H2,1-5H3,(H,29,32)(H,30,33)/t19-,20+,22?,23+/m0/s1. The number of carbonyl (C=O) groups excluding carboxylic acids is 3. The topological polar surface area (TPSA) is 78.5 Å². The molecule has 2 aliphatic rings. The number of carbonyl (C=O) groups is 3. The van der Waals surface area contributed by atoms with E-state index in [1.807, 2.05) is 30.9 Å². The van der Waals surface area contributed by atoms with Crippen LogP contribution in [0.5, 0.6) is 0 Å². The highest BCUT2D eigenvalue weighted by Gasteiger charge is 2.41. The molecule has 2 N–H and O–H groups in total. The Kier molecular flexibility index (Phi) is 8.66. The second-order valence-electron chi connectivity index (χ2n) is 11.0. The van der Waals surface area contributed by atoms with Crippen LogP contribution >= 0.6 is 11.6 Å². The first-order valence-electron chi connectivity index (χ1n) is 12.6. The first-order chi connectivity index (χ1) is 16.0. The molecular formula is C27H40ClN3O3. The van der Waals surface area contributed by atoms with Gasteiger partial charge in [-0.1, -0.05) is 57.8 Å². The van der Waals surface area contributed by atoms with Gasteiger partial charge in [0.1, 0.15) is 6.04 Å². The second kappa shape index (κ2) is 11.1. The minimum Gasteiger partial charge on any atom is -0.359 e. The van der Waals surface area contributed by atoms with Crippen LogP contribution in [0.4, 0.5) is 0 Å². The number of likely N-dealkylation sites (tertiary alicyclic amines) is 1. The van der Waals surface area contributed by atoms with Crippen molar-refractivity contribution in [3.8, 4) is 0 Å². The van der Waals surface area contributed by atoms with Crippen LogP contribution in [0.25, 0.3) is 0 Å². The molecule has 7 heteroatoms. The zero-order valence-corrected chi connectivity index (χ0v) is 22.0. The summed E-state index contributed by atoms with van der Waals surface area (Å²) < 4.78 is 0. The van der Waals surface area contributed by atoms with Crippen molar-refractivity contribution in [3.63, 3.8) is 0 Å². The van der Waals surface area contributed by atoms with E-state index in [4.69, 9.17) is 11.6 Å². The largest absolute Gasteiger partial charge is 0.359 e.